The SMILES string of the molecule is COC1(C(F)(F)F)CC2(CN(c3nnc(-c4ccon4)s3)C2)C1. The molecule has 1 aliphatic carbocycles. The average Bonchev–Trinajstić information content (AvgIpc) is 3.05. The van der Waals surface area contributed by atoms with Gasteiger partial charge in [-0.15, -0.1) is 10.2 Å². The zero-order valence-corrected chi connectivity index (χ0v) is 12.9. The van der Waals surface area contributed by atoms with Crippen molar-refractivity contribution in [1.82, 2.24) is 15.4 Å². The highest BCUT2D eigenvalue weighted by molar-refractivity contribution is 7.18. The van der Waals surface area contributed by atoms with Crippen LogP contribution in [-0.4, -0.2) is 47.3 Å². The number of ether oxygens (including phenoxy) is 1. The fourth-order valence-corrected chi connectivity index (χ4v) is 4.32. The summed E-state index contributed by atoms with van der Waals surface area (Å²) < 4.78 is 48.7. The van der Waals surface area contributed by atoms with Crippen LogP contribution >= 0.6 is 11.3 Å². The smallest absolute Gasteiger partial charge is 0.369 e. The van der Waals surface area contributed by atoms with E-state index in [-0.39, 0.29) is 18.3 Å². The van der Waals surface area contributed by atoms with Crippen molar-refractivity contribution < 1.29 is 22.4 Å². The molecule has 3 heterocycles. The molecular weight excluding hydrogens is 333 g/mol. The second-order valence-electron chi connectivity index (χ2n) is 6.18. The molecule has 1 aliphatic heterocycles. The lowest BCUT2D eigenvalue weighted by atomic mass is 9.55. The standard InChI is InChI=1S/C13H13F3N4O2S/c1-21-12(13(14,15)16)4-11(5-12)6-20(7-11)10-18-17-9(23-10)8-2-3-22-19-8/h2-3H,4-7H2,1H3. The Balaban J connectivity index is 1.41. The van der Waals surface area contributed by atoms with Crippen molar-refractivity contribution in [2.24, 2.45) is 5.41 Å². The van der Waals surface area contributed by atoms with Crippen molar-refractivity contribution in [3.05, 3.63) is 12.3 Å². The van der Waals surface area contributed by atoms with Crippen LogP contribution in [0, 0.1) is 5.41 Å². The van der Waals surface area contributed by atoms with E-state index in [1.54, 1.807) is 6.07 Å². The molecule has 4 rings (SSSR count). The second-order valence-corrected chi connectivity index (χ2v) is 7.14. The maximum Gasteiger partial charge on any atom is 0.417 e. The Hall–Kier alpha value is -1.68. The summed E-state index contributed by atoms with van der Waals surface area (Å²) in [5, 5.41) is 13.2. The molecule has 124 valence electrons. The minimum Gasteiger partial charge on any atom is -0.369 e. The zero-order chi connectivity index (χ0) is 16.3. The van der Waals surface area contributed by atoms with E-state index in [1.807, 2.05) is 4.90 Å². The average molecular weight is 346 g/mol. The van der Waals surface area contributed by atoms with Gasteiger partial charge in [0.2, 0.25) is 5.13 Å². The van der Waals surface area contributed by atoms with Gasteiger partial charge in [0, 0.05) is 31.7 Å². The molecule has 0 radical (unpaired) electrons. The van der Waals surface area contributed by atoms with E-state index in [9.17, 15) is 13.2 Å². The third kappa shape index (κ3) is 2.15. The highest BCUT2D eigenvalue weighted by Gasteiger charge is 2.71. The lowest BCUT2D eigenvalue weighted by molar-refractivity contribution is -0.328. The van der Waals surface area contributed by atoms with E-state index >= 15 is 0 Å². The molecule has 1 saturated carbocycles. The van der Waals surface area contributed by atoms with Gasteiger partial charge in [-0.1, -0.05) is 16.5 Å². The summed E-state index contributed by atoms with van der Waals surface area (Å²) in [6.07, 6.45) is -2.86. The van der Waals surface area contributed by atoms with Crippen LogP contribution in [0.5, 0.6) is 0 Å². The third-order valence-electron chi connectivity index (χ3n) is 4.62. The van der Waals surface area contributed by atoms with E-state index in [2.05, 4.69) is 15.4 Å². The molecule has 2 aromatic heterocycles. The summed E-state index contributed by atoms with van der Waals surface area (Å²) >= 11 is 1.35. The Kier molecular flexibility index (Phi) is 3.02. The Morgan fingerprint density at radius 2 is 2.04 bits per heavy atom. The first-order valence-corrected chi connectivity index (χ1v) is 7.79. The van der Waals surface area contributed by atoms with Crippen LogP contribution in [0.1, 0.15) is 12.8 Å². The molecule has 0 aromatic carbocycles. The first-order chi connectivity index (χ1) is 10.9. The van der Waals surface area contributed by atoms with Crippen molar-refractivity contribution in [3.63, 3.8) is 0 Å². The Morgan fingerprint density at radius 3 is 2.61 bits per heavy atom. The maximum absolute atomic E-state index is 13.1. The van der Waals surface area contributed by atoms with Crippen LogP contribution in [0.3, 0.4) is 0 Å². The molecule has 23 heavy (non-hydrogen) atoms. The molecule has 0 bridgehead atoms. The molecule has 2 aliphatic rings. The Labute approximate surface area is 133 Å². The highest BCUT2D eigenvalue weighted by Crippen LogP contribution is 2.61. The van der Waals surface area contributed by atoms with Gasteiger partial charge >= 0.3 is 6.18 Å². The van der Waals surface area contributed by atoms with Crippen LogP contribution in [0.2, 0.25) is 0 Å². The molecule has 0 N–H and O–H groups in total. The topological polar surface area (TPSA) is 64.3 Å². The minimum absolute atomic E-state index is 0.00540. The van der Waals surface area contributed by atoms with E-state index in [1.165, 1.54) is 17.6 Å². The molecule has 10 heteroatoms. The number of anilines is 1. The molecule has 2 aromatic rings. The van der Waals surface area contributed by atoms with Gasteiger partial charge in [-0.3, -0.25) is 0 Å². The molecule has 1 spiro atoms. The van der Waals surface area contributed by atoms with Crippen LogP contribution in [0.4, 0.5) is 18.3 Å². The van der Waals surface area contributed by atoms with Gasteiger partial charge in [-0.25, -0.2) is 0 Å². The Morgan fingerprint density at radius 1 is 1.30 bits per heavy atom. The summed E-state index contributed by atoms with van der Waals surface area (Å²) in [5.41, 5.74) is -1.71. The van der Waals surface area contributed by atoms with Gasteiger partial charge < -0.3 is 14.2 Å². The first kappa shape index (κ1) is 14.9. The number of nitrogens with zero attached hydrogens (tertiary/aromatic N) is 4. The lowest BCUT2D eigenvalue weighted by Gasteiger charge is -2.63. The number of hydrogen-bond donors (Lipinski definition) is 0. The molecule has 2 fully saturated rings. The number of halogens is 3. The minimum atomic E-state index is -4.32. The summed E-state index contributed by atoms with van der Waals surface area (Å²) in [6.45, 7) is 1.09. The Bertz CT molecular complexity index is 701. The molecule has 1 saturated heterocycles. The van der Waals surface area contributed by atoms with Gasteiger partial charge in [0.25, 0.3) is 0 Å². The monoisotopic (exact) mass is 346 g/mol. The van der Waals surface area contributed by atoms with Gasteiger partial charge in [-0.05, 0) is 12.8 Å². The van der Waals surface area contributed by atoms with E-state index in [0.29, 0.717) is 28.9 Å². The number of alkyl halides is 3. The lowest BCUT2D eigenvalue weighted by Crippen LogP contribution is -2.72. The first-order valence-electron chi connectivity index (χ1n) is 6.98. The van der Waals surface area contributed by atoms with Crippen LogP contribution in [0.15, 0.2) is 16.9 Å². The van der Waals surface area contributed by atoms with Crippen molar-refractivity contribution in [2.75, 3.05) is 25.1 Å². The zero-order valence-electron chi connectivity index (χ0n) is 12.1. The summed E-state index contributed by atoms with van der Waals surface area (Å²) in [5.74, 6) is 0. The summed E-state index contributed by atoms with van der Waals surface area (Å²) in [6, 6.07) is 1.68. The van der Waals surface area contributed by atoms with Gasteiger partial charge in [-0.2, -0.15) is 13.2 Å². The predicted octanol–water partition coefficient (Wildman–Crippen LogP) is 2.74. The van der Waals surface area contributed by atoms with Crippen molar-refractivity contribution in [3.8, 4) is 10.7 Å². The number of methoxy groups -OCH3 is 1. The quantitative estimate of drug-likeness (QED) is 0.851. The third-order valence-corrected chi connectivity index (χ3v) is 5.63. The van der Waals surface area contributed by atoms with Gasteiger partial charge in [0.15, 0.2) is 10.6 Å². The van der Waals surface area contributed by atoms with Crippen molar-refractivity contribution in [2.45, 2.75) is 24.6 Å². The molecular formula is C13H13F3N4O2S. The van der Waals surface area contributed by atoms with E-state index in [0.717, 1.165) is 7.11 Å². The van der Waals surface area contributed by atoms with Crippen molar-refractivity contribution >= 4 is 16.5 Å². The normalized spacial score (nSPS) is 22.0. The van der Waals surface area contributed by atoms with Crippen LogP contribution in [-0.2, 0) is 4.74 Å². The van der Waals surface area contributed by atoms with Crippen LogP contribution < -0.4 is 4.90 Å². The number of hydrogen-bond acceptors (Lipinski definition) is 7. The number of aromatic nitrogens is 3. The number of rotatable bonds is 3. The maximum atomic E-state index is 13.1. The summed E-state index contributed by atoms with van der Waals surface area (Å²) in [7, 11) is 1.13. The fraction of sp³-hybridized carbons (Fsp3) is 0.615. The van der Waals surface area contributed by atoms with E-state index < -0.39 is 11.8 Å². The van der Waals surface area contributed by atoms with Crippen LogP contribution in [0.25, 0.3) is 10.7 Å². The summed E-state index contributed by atoms with van der Waals surface area (Å²) in [4.78, 5) is 1.94. The van der Waals surface area contributed by atoms with Gasteiger partial charge in [0.05, 0.1) is 0 Å². The van der Waals surface area contributed by atoms with Crippen molar-refractivity contribution in [1.29, 1.82) is 0 Å². The molecule has 6 nitrogen and oxygen atoms in total. The molecule has 0 unspecified atom stereocenters. The largest absolute Gasteiger partial charge is 0.417 e. The molecule has 0 amide bonds. The van der Waals surface area contributed by atoms with E-state index in [4.69, 9.17) is 9.26 Å². The molecule has 0 atom stereocenters. The highest BCUT2D eigenvalue weighted by atomic mass is 32.1. The second kappa shape index (κ2) is 4.67. The van der Waals surface area contributed by atoms with Gasteiger partial charge in [0.1, 0.15) is 12.0 Å². The fourth-order valence-electron chi connectivity index (χ4n) is 3.51. The predicted molar refractivity (Wildman–Crippen MR) is 75.1 cm³/mol.